The number of hydrogen-bond acceptors (Lipinski definition) is 6. The van der Waals surface area contributed by atoms with Crippen molar-refractivity contribution in [1.29, 1.82) is 0 Å². The molecule has 0 N–H and O–H groups in total. The first-order valence-corrected chi connectivity index (χ1v) is 30.2. The second-order valence-corrected chi connectivity index (χ2v) is 20.6. The molecule has 0 unspecified atom stereocenters. The largest absolute Gasteiger partial charge is 0.462 e. The van der Waals surface area contributed by atoms with Gasteiger partial charge in [0.25, 0.3) is 0 Å². The molecule has 0 aromatic rings. The molecule has 0 heterocycles. The van der Waals surface area contributed by atoms with Crippen molar-refractivity contribution >= 4 is 17.9 Å². The van der Waals surface area contributed by atoms with Gasteiger partial charge < -0.3 is 14.2 Å². The lowest BCUT2D eigenvalue weighted by molar-refractivity contribution is -0.167. The van der Waals surface area contributed by atoms with Crippen molar-refractivity contribution in [2.24, 2.45) is 0 Å². The van der Waals surface area contributed by atoms with Gasteiger partial charge in [-0.25, -0.2) is 0 Å². The molecular formula is C61H116O6. The first kappa shape index (κ1) is 65.1. The molecule has 67 heavy (non-hydrogen) atoms. The van der Waals surface area contributed by atoms with Gasteiger partial charge in [-0.3, -0.25) is 14.4 Å². The Kier molecular flexibility index (Phi) is 55.2. The molecule has 0 rings (SSSR count). The topological polar surface area (TPSA) is 78.9 Å². The summed E-state index contributed by atoms with van der Waals surface area (Å²) in [6, 6.07) is 0. The maximum atomic E-state index is 12.9. The number of esters is 3. The Morgan fingerprint density at radius 3 is 0.746 bits per heavy atom. The maximum Gasteiger partial charge on any atom is 0.306 e. The van der Waals surface area contributed by atoms with Crippen molar-refractivity contribution in [3.8, 4) is 0 Å². The van der Waals surface area contributed by atoms with E-state index in [0.29, 0.717) is 19.3 Å². The summed E-state index contributed by atoms with van der Waals surface area (Å²) in [7, 11) is 0. The average Bonchev–Trinajstić information content (AvgIpc) is 3.33. The second-order valence-electron chi connectivity index (χ2n) is 20.6. The molecule has 0 saturated carbocycles. The van der Waals surface area contributed by atoms with E-state index >= 15 is 0 Å². The Hall–Kier alpha value is -1.85. The van der Waals surface area contributed by atoms with Crippen LogP contribution >= 0.6 is 0 Å². The van der Waals surface area contributed by atoms with Crippen LogP contribution in [0.5, 0.6) is 0 Å². The lowest BCUT2D eigenvalue weighted by atomic mass is 10.0. The van der Waals surface area contributed by atoms with Gasteiger partial charge in [0.1, 0.15) is 13.2 Å². The fourth-order valence-corrected chi connectivity index (χ4v) is 9.21. The lowest BCUT2D eigenvalue weighted by Gasteiger charge is -2.18. The van der Waals surface area contributed by atoms with Gasteiger partial charge in [-0.15, -0.1) is 0 Å². The van der Waals surface area contributed by atoms with Crippen molar-refractivity contribution in [3.05, 3.63) is 12.2 Å². The second kappa shape index (κ2) is 56.7. The molecule has 0 saturated heterocycles. The summed E-state index contributed by atoms with van der Waals surface area (Å²) in [6.45, 7) is 6.70. The number of ether oxygens (including phenoxy) is 3. The van der Waals surface area contributed by atoms with Crippen molar-refractivity contribution in [2.75, 3.05) is 13.2 Å². The fraction of sp³-hybridized carbons (Fsp3) is 0.918. The van der Waals surface area contributed by atoms with Gasteiger partial charge in [0.15, 0.2) is 6.10 Å². The molecule has 0 fully saturated rings. The van der Waals surface area contributed by atoms with Crippen molar-refractivity contribution in [1.82, 2.24) is 0 Å². The van der Waals surface area contributed by atoms with E-state index in [9.17, 15) is 14.4 Å². The molecular weight excluding hydrogens is 829 g/mol. The van der Waals surface area contributed by atoms with Crippen LogP contribution in [0.1, 0.15) is 342 Å². The first-order chi connectivity index (χ1) is 33.0. The van der Waals surface area contributed by atoms with Crippen molar-refractivity contribution < 1.29 is 28.6 Å². The predicted molar refractivity (Wildman–Crippen MR) is 289 cm³/mol. The molecule has 0 spiro atoms. The molecule has 0 aliphatic heterocycles. The quantitative estimate of drug-likeness (QED) is 0.0262. The Morgan fingerprint density at radius 1 is 0.284 bits per heavy atom. The lowest BCUT2D eigenvalue weighted by Crippen LogP contribution is -2.30. The number of carbonyl (C=O) groups excluding carboxylic acids is 3. The molecule has 0 radical (unpaired) electrons. The summed E-state index contributed by atoms with van der Waals surface area (Å²) >= 11 is 0. The van der Waals surface area contributed by atoms with Crippen LogP contribution in [0.25, 0.3) is 0 Å². The van der Waals surface area contributed by atoms with Crippen LogP contribution in [0.3, 0.4) is 0 Å². The van der Waals surface area contributed by atoms with Gasteiger partial charge in [-0.05, 0) is 44.9 Å². The summed E-state index contributed by atoms with van der Waals surface area (Å²) < 4.78 is 16.9. The summed E-state index contributed by atoms with van der Waals surface area (Å²) in [5.74, 6) is -0.839. The molecule has 6 heteroatoms. The summed E-state index contributed by atoms with van der Waals surface area (Å²) in [6.07, 6.45) is 64.9. The van der Waals surface area contributed by atoms with Crippen LogP contribution in [0.2, 0.25) is 0 Å². The van der Waals surface area contributed by atoms with Gasteiger partial charge in [0, 0.05) is 19.3 Å². The Balaban J connectivity index is 4.29. The highest BCUT2D eigenvalue weighted by molar-refractivity contribution is 5.71. The van der Waals surface area contributed by atoms with Crippen LogP contribution < -0.4 is 0 Å². The minimum absolute atomic E-state index is 0.0641. The van der Waals surface area contributed by atoms with Gasteiger partial charge >= 0.3 is 17.9 Å². The zero-order chi connectivity index (χ0) is 48.6. The van der Waals surface area contributed by atoms with Crippen LogP contribution in [0.15, 0.2) is 12.2 Å². The van der Waals surface area contributed by atoms with E-state index < -0.39 is 6.10 Å². The van der Waals surface area contributed by atoms with Gasteiger partial charge in [-0.2, -0.15) is 0 Å². The SMILES string of the molecule is CCCCCCCC/C=C/CCCCCCCCCCCC(=O)OC[C@@H](COC(=O)CCCCCCCCCCCCCCCC)OC(=O)CCCCCCCCCCCCCCCCCC. The number of carbonyl (C=O) groups is 3. The molecule has 0 amide bonds. The minimum Gasteiger partial charge on any atom is -0.462 e. The van der Waals surface area contributed by atoms with Gasteiger partial charge in [0.05, 0.1) is 0 Å². The summed E-state index contributed by atoms with van der Waals surface area (Å²) in [5, 5.41) is 0. The molecule has 0 aliphatic carbocycles. The summed E-state index contributed by atoms with van der Waals surface area (Å²) in [4.78, 5) is 38.2. The molecule has 0 aromatic heterocycles. The van der Waals surface area contributed by atoms with Crippen LogP contribution in [0, 0.1) is 0 Å². The Bertz CT molecular complexity index is 1040. The molecule has 0 aliphatic rings. The normalized spacial score (nSPS) is 12.0. The predicted octanol–water partition coefficient (Wildman–Crippen LogP) is 20.1. The van der Waals surface area contributed by atoms with E-state index in [1.165, 1.54) is 244 Å². The highest BCUT2D eigenvalue weighted by atomic mass is 16.6. The molecule has 0 aromatic carbocycles. The smallest absolute Gasteiger partial charge is 0.306 e. The van der Waals surface area contributed by atoms with Gasteiger partial charge in [0.2, 0.25) is 0 Å². The van der Waals surface area contributed by atoms with E-state index in [0.717, 1.165) is 57.8 Å². The highest BCUT2D eigenvalue weighted by Gasteiger charge is 2.19. The molecule has 1 atom stereocenters. The van der Waals surface area contributed by atoms with Crippen LogP contribution in [0.4, 0.5) is 0 Å². The van der Waals surface area contributed by atoms with Crippen molar-refractivity contribution in [2.45, 2.75) is 348 Å². The molecule has 396 valence electrons. The third-order valence-corrected chi connectivity index (χ3v) is 13.8. The number of rotatable bonds is 56. The number of allylic oxidation sites excluding steroid dienone is 2. The Labute approximate surface area is 418 Å². The van der Waals surface area contributed by atoms with Crippen LogP contribution in [-0.2, 0) is 28.6 Å². The minimum atomic E-state index is -0.765. The third-order valence-electron chi connectivity index (χ3n) is 13.8. The van der Waals surface area contributed by atoms with E-state index in [1.54, 1.807) is 0 Å². The van der Waals surface area contributed by atoms with E-state index in [-0.39, 0.29) is 31.1 Å². The van der Waals surface area contributed by atoms with Crippen LogP contribution in [-0.4, -0.2) is 37.2 Å². The maximum absolute atomic E-state index is 12.9. The van der Waals surface area contributed by atoms with Crippen molar-refractivity contribution in [3.63, 3.8) is 0 Å². The van der Waals surface area contributed by atoms with E-state index in [2.05, 4.69) is 32.9 Å². The summed E-state index contributed by atoms with van der Waals surface area (Å²) in [5.41, 5.74) is 0. The van der Waals surface area contributed by atoms with Gasteiger partial charge in [-0.1, -0.05) is 290 Å². The monoisotopic (exact) mass is 945 g/mol. The third kappa shape index (κ3) is 55.0. The highest BCUT2D eigenvalue weighted by Crippen LogP contribution is 2.17. The van der Waals surface area contributed by atoms with E-state index in [1.807, 2.05) is 0 Å². The molecule has 0 bridgehead atoms. The Morgan fingerprint density at radius 2 is 0.493 bits per heavy atom. The zero-order valence-electron chi connectivity index (χ0n) is 45.5. The number of hydrogen-bond donors (Lipinski definition) is 0. The molecule has 6 nitrogen and oxygen atoms in total. The standard InChI is InChI=1S/C61H116O6/c1-4-7-10-13-16-19-22-25-28-30-31-32-34-36-39-42-45-48-51-54-60(63)66-57-58(56-65-59(62)53-50-47-44-41-38-35-27-24-21-18-15-12-9-6-3)67-61(64)55-52-49-46-43-40-37-33-29-26-23-20-17-14-11-8-5-2/h25,28,58H,4-24,26-27,29-57H2,1-3H3/b28-25+/t58-/m1/s1. The first-order valence-electron chi connectivity index (χ1n) is 30.2. The average molecular weight is 946 g/mol. The zero-order valence-corrected chi connectivity index (χ0v) is 45.5. The van der Waals surface area contributed by atoms with E-state index in [4.69, 9.17) is 14.2 Å². The fourth-order valence-electron chi connectivity index (χ4n) is 9.21. The number of unbranched alkanes of at least 4 members (excludes halogenated alkanes) is 43.